The highest BCUT2D eigenvalue weighted by Gasteiger charge is 2.22. The molecular weight excluding hydrogens is 544 g/mol. The van der Waals surface area contributed by atoms with Crippen LogP contribution in [0.3, 0.4) is 0 Å². The van der Waals surface area contributed by atoms with Gasteiger partial charge in [0.15, 0.2) is 0 Å². The lowest BCUT2D eigenvalue weighted by Crippen LogP contribution is -1.97. The van der Waals surface area contributed by atoms with E-state index in [1.54, 1.807) is 0 Å². The van der Waals surface area contributed by atoms with Gasteiger partial charge in [0, 0.05) is 10.9 Å². The maximum Gasteiger partial charge on any atom is 0.135 e. The zero-order valence-corrected chi connectivity index (χ0v) is 24.4. The Morgan fingerprint density at radius 2 is 0.956 bits per heavy atom. The maximum absolute atomic E-state index is 6.44. The lowest BCUT2D eigenvalue weighted by atomic mass is 9.86. The van der Waals surface area contributed by atoms with Crippen molar-refractivity contribution < 1.29 is 4.74 Å². The molecule has 1 aliphatic heterocycles. The summed E-state index contributed by atoms with van der Waals surface area (Å²) in [7, 11) is 0. The summed E-state index contributed by atoms with van der Waals surface area (Å²) in [5.74, 6) is 1.82. The molecular formula is C44H26O. The molecule has 0 fully saturated rings. The van der Waals surface area contributed by atoms with Crippen LogP contribution in [-0.4, -0.2) is 0 Å². The third kappa shape index (κ3) is 3.62. The first-order valence-electron chi connectivity index (χ1n) is 15.5. The number of ether oxygens (including phenoxy) is 1. The molecule has 1 heteroatoms. The van der Waals surface area contributed by atoms with Crippen LogP contribution in [0.15, 0.2) is 158 Å². The fourth-order valence-electron chi connectivity index (χ4n) is 7.54. The Morgan fingerprint density at radius 1 is 0.289 bits per heavy atom. The normalized spacial score (nSPS) is 12.2. The Bertz CT molecular complexity index is 2670. The van der Waals surface area contributed by atoms with Gasteiger partial charge in [0.2, 0.25) is 0 Å². The fourth-order valence-corrected chi connectivity index (χ4v) is 7.54. The van der Waals surface area contributed by atoms with Crippen molar-refractivity contribution in [3.05, 3.63) is 158 Å². The van der Waals surface area contributed by atoms with E-state index in [1.807, 2.05) is 6.07 Å². The first-order valence-corrected chi connectivity index (χ1v) is 15.5. The average molecular weight is 571 g/mol. The second-order valence-electron chi connectivity index (χ2n) is 12.1. The first-order chi connectivity index (χ1) is 22.3. The predicted molar refractivity (Wildman–Crippen MR) is 190 cm³/mol. The van der Waals surface area contributed by atoms with E-state index in [0.717, 1.165) is 17.1 Å². The summed E-state index contributed by atoms with van der Waals surface area (Å²) >= 11 is 0. The van der Waals surface area contributed by atoms with E-state index in [2.05, 4.69) is 152 Å². The molecule has 1 nitrogen and oxygen atoms in total. The molecule has 0 aliphatic carbocycles. The summed E-state index contributed by atoms with van der Waals surface area (Å²) in [5.41, 5.74) is 7.27. The zero-order valence-electron chi connectivity index (χ0n) is 24.4. The Hall–Kier alpha value is -5.92. The van der Waals surface area contributed by atoms with Crippen molar-refractivity contribution in [1.82, 2.24) is 0 Å². The van der Waals surface area contributed by atoms with Gasteiger partial charge in [0.1, 0.15) is 11.5 Å². The van der Waals surface area contributed by atoms with E-state index in [4.69, 9.17) is 4.74 Å². The van der Waals surface area contributed by atoms with Gasteiger partial charge < -0.3 is 4.74 Å². The topological polar surface area (TPSA) is 9.23 Å². The van der Waals surface area contributed by atoms with Gasteiger partial charge in [-0.05, 0) is 113 Å². The molecule has 9 aromatic rings. The van der Waals surface area contributed by atoms with E-state index >= 15 is 0 Å². The molecule has 208 valence electrons. The number of hydrogen-bond acceptors (Lipinski definition) is 1. The fraction of sp³-hybridized carbons (Fsp3) is 0. The van der Waals surface area contributed by atoms with Crippen LogP contribution < -0.4 is 4.74 Å². The molecule has 1 aliphatic rings. The third-order valence-corrected chi connectivity index (χ3v) is 9.61. The molecule has 0 unspecified atom stereocenters. The quantitative estimate of drug-likeness (QED) is 0.148. The number of rotatable bonds is 2. The van der Waals surface area contributed by atoms with Crippen LogP contribution in [0.4, 0.5) is 0 Å². The van der Waals surface area contributed by atoms with Crippen molar-refractivity contribution >= 4 is 53.9 Å². The van der Waals surface area contributed by atoms with Crippen LogP contribution in [-0.2, 0) is 0 Å². The van der Waals surface area contributed by atoms with E-state index in [1.165, 1.54) is 81.7 Å². The molecule has 0 atom stereocenters. The van der Waals surface area contributed by atoms with E-state index in [-0.39, 0.29) is 0 Å². The van der Waals surface area contributed by atoms with Gasteiger partial charge in [0.05, 0.1) is 0 Å². The summed E-state index contributed by atoms with van der Waals surface area (Å²) in [4.78, 5) is 0. The van der Waals surface area contributed by atoms with Gasteiger partial charge in [-0.15, -0.1) is 0 Å². The van der Waals surface area contributed by atoms with Crippen molar-refractivity contribution in [2.75, 3.05) is 0 Å². The molecule has 0 saturated heterocycles. The minimum absolute atomic E-state index is 0.910. The molecule has 0 bridgehead atoms. The van der Waals surface area contributed by atoms with Crippen LogP contribution in [0.2, 0.25) is 0 Å². The largest absolute Gasteiger partial charge is 0.456 e. The molecule has 10 rings (SSSR count). The monoisotopic (exact) mass is 570 g/mol. The Balaban J connectivity index is 1.32. The van der Waals surface area contributed by atoms with E-state index in [0.29, 0.717) is 0 Å². The lowest BCUT2D eigenvalue weighted by Gasteiger charge is -2.23. The summed E-state index contributed by atoms with van der Waals surface area (Å²) < 4.78 is 6.44. The molecule has 0 amide bonds. The Labute approximate surface area is 260 Å². The molecule has 9 aromatic carbocycles. The van der Waals surface area contributed by atoms with Crippen molar-refractivity contribution in [3.8, 4) is 44.9 Å². The first kappa shape index (κ1) is 24.5. The van der Waals surface area contributed by atoms with E-state index in [9.17, 15) is 0 Å². The van der Waals surface area contributed by atoms with Gasteiger partial charge in [-0.2, -0.15) is 0 Å². The molecule has 0 spiro atoms. The smallest absolute Gasteiger partial charge is 0.135 e. The summed E-state index contributed by atoms with van der Waals surface area (Å²) in [5, 5.41) is 12.5. The molecule has 0 aromatic heterocycles. The van der Waals surface area contributed by atoms with Crippen LogP contribution in [0.1, 0.15) is 0 Å². The van der Waals surface area contributed by atoms with Crippen molar-refractivity contribution in [2.45, 2.75) is 0 Å². The molecule has 45 heavy (non-hydrogen) atoms. The standard InChI is InChI=1S/C44H26O/c1-3-12-32-27(9-1)11-7-15-35(32)41-26-30(23-31-25-39-29(24-40(31)41)20-19-28-10-2-4-13-33(28)39)34-21-22-43-44-37(34)16-8-17-38(44)36-14-5-6-18-42(36)45-43/h1-26H. The van der Waals surface area contributed by atoms with Crippen LogP contribution >= 0.6 is 0 Å². The van der Waals surface area contributed by atoms with Crippen LogP contribution in [0.5, 0.6) is 11.5 Å². The number of para-hydroxylation sites is 1. The number of fused-ring (bicyclic) bond motifs is 7. The maximum atomic E-state index is 6.44. The minimum Gasteiger partial charge on any atom is -0.456 e. The van der Waals surface area contributed by atoms with Gasteiger partial charge in [-0.1, -0.05) is 121 Å². The zero-order chi connectivity index (χ0) is 29.5. The van der Waals surface area contributed by atoms with Gasteiger partial charge in [-0.3, -0.25) is 0 Å². The van der Waals surface area contributed by atoms with Crippen LogP contribution in [0, 0.1) is 0 Å². The third-order valence-electron chi connectivity index (χ3n) is 9.61. The summed E-state index contributed by atoms with van der Waals surface area (Å²) in [6, 6.07) is 57.5. The Morgan fingerprint density at radius 3 is 1.89 bits per heavy atom. The second-order valence-corrected chi connectivity index (χ2v) is 12.1. The number of benzene rings is 9. The molecule has 0 saturated carbocycles. The molecule has 0 N–H and O–H groups in total. The highest BCUT2D eigenvalue weighted by atomic mass is 16.5. The molecule has 1 heterocycles. The van der Waals surface area contributed by atoms with Gasteiger partial charge >= 0.3 is 0 Å². The average Bonchev–Trinajstić information content (AvgIpc) is 3.10. The highest BCUT2D eigenvalue weighted by molar-refractivity contribution is 6.17. The van der Waals surface area contributed by atoms with Crippen molar-refractivity contribution in [1.29, 1.82) is 0 Å². The lowest BCUT2D eigenvalue weighted by molar-refractivity contribution is 0.487. The summed E-state index contributed by atoms with van der Waals surface area (Å²) in [6.45, 7) is 0. The number of hydrogen-bond donors (Lipinski definition) is 0. The van der Waals surface area contributed by atoms with Gasteiger partial charge in [0.25, 0.3) is 0 Å². The Kier molecular flexibility index (Phi) is 5.06. The van der Waals surface area contributed by atoms with Crippen LogP contribution in [0.25, 0.3) is 87.2 Å². The van der Waals surface area contributed by atoms with Gasteiger partial charge in [-0.25, -0.2) is 0 Å². The SMILES string of the molecule is c1ccc2c(c1)Oc1ccc(-c3cc(-c4cccc5ccccc45)c4cc5ccc6ccccc6c5cc4c3)c3cccc-2c13. The highest BCUT2D eigenvalue weighted by Crippen LogP contribution is 2.49. The molecule has 0 radical (unpaired) electrons. The summed E-state index contributed by atoms with van der Waals surface area (Å²) in [6.07, 6.45) is 0. The predicted octanol–water partition coefficient (Wildman–Crippen LogP) is 12.6. The minimum atomic E-state index is 0.910. The van der Waals surface area contributed by atoms with E-state index < -0.39 is 0 Å². The van der Waals surface area contributed by atoms with Crippen molar-refractivity contribution in [3.63, 3.8) is 0 Å². The second kappa shape index (κ2) is 9.29. The van der Waals surface area contributed by atoms with Crippen molar-refractivity contribution in [2.24, 2.45) is 0 Å².